The van der Waals surface area contributed by atoms with E-state index >= 15 is 0 Å². The van der Waals surface area contributed by atoms with Crippen LogP contribution in [-0.4, -0.2) is 40.7 Å². The number of anilines is 1. The monoisotopic (exact) mass is 382 g/mol. The number of hydrogen-bond acceptors (Lipinski definition) is 7. The van der Waals surface area contributed by atoms with Crippen LogP contribution in [0.4, 0.5) is 5.82 Å². The summed E-state index contributed by atoms with van der Waals surface area (Å²) in [6, 6.07) is 9.16. The Labute approximate surface area is 164 Å². The van der Waals surface area contributed by atoms with Gasteiger partial charge in [0.15, 0.2) is 5.69 Å². The third-order valence-corrected chi connectivity index (χ3v) is 5.16. The second kappa shape index (κ2) is 6.97. The Kier molecular flexibility index (Phi) is 4.96. The minimum absolute atomic E-state index is 0.00603. The summed E-state index contributed by atoms with van der Waals surface area (Å²) in [7, 11) is -0.487. The number of aromatic nitrogens is 2. The molecule has 0 radical (unpaired) electrons. The van der Waals surface area contributed by atoms with Gasteiger partial charge in [0.1, 0.15) is 17.5 Å². The second-order valence-corrected chi connectivity index (χ2v) is 7.53. The number of carbonyl (C=O) groups excluding carboxylic acids is 1. The van der Waals surface area contributed by atoms with Crippen LogP contribution in [0, 0.1) is 11.3 Å². The second-order valence-electron chi connectivity index (χ2n) is 7.53. The van der Waals surface area contributed by atoms with Gasteiger partial charge in [-0.05, 0) is 52.2 Å². The van der Waals surface area contributed by atoms with Gasteiger partial charge in [-0.1, -0.05) is 12.1 Å². The van der Waals surface area contributed by atoms with Crippen molar-refractivity contribution >= 4 is 24.4 Å². The number of carbonyl (C=O) groups is 1. The fraction of sp³-hybridized carbons (Fsp3) is 0.421. The fourth-order valence-corrected chi connectivity index (χ4v) is 2.83. The zero-order valence-corrected chi connectivity index (χ0v) is 16.6. The van der Waals surface area contributed by atoms with Crippen molar-refractivity contribution in [3.63, 3.8) is 0 Å². The van der Waals surface area contributed by atoms with Gasteiger partial charge in [-0.25, -0.2) is 9.48 Å². The highest BCUT2D eigenvalue weighted by Gasteiger charge is 2.51. The Morgan fingerprint density at radius 3 is 2.32 bits per heavy atom. The van der Waals surface area contributed by atoms with Gasteiger partial charge in [-0.15, -0.1) is 0 Å². The molecule has 1 saturated heterocycles. The Hall–Kier alpha value is -2.83. The lowest BCUT2D eigenvalue weighted by Crippen LogP contribution is -2.41. The van der Waals surface area contributed by atoms with E-state index in [0.29, 0.717) is 5.69 Å². The molecule has 1 aromatic carbocycles. The van der Waals surface area contributed by atoms with Crippen molar-refractivity contribution in [2.24, 2.45) is 0 Å². The van der Waals surface area contributed by atoms with E-state index in [1.54, 1.807) is 19.1 Å². The summed E-state index contributed by atoms with van der Waals surface area (Å²) in [5.74, 6) is -0.604. The van der Waals surface area contributed by atoms with Crippen LogP contribution in [0.2, 0.25) is 0 Å². The van der Waals surface area contributed by atoms with Crippen LogP contribution in [0.5, 0.6) is 0 Å². The topological polar surface area (TPSA) is 112 Å². The highest BCUT2D eigenvalue weighted by atomic mass is 16.7. The molecule has 1 aliphatic heterocycles. The molecule has 2 heterocycles. The summed E-state index contributed by atoms with van der Waals surface area (Å²) >= 11 is 0. The van der Waals surface area contributed by atoms with Crippen molar-refractivity contribution in [3.8, 4) is 11.8 Å². The molecule has 0 spiro atoms. The van der Waals surface area contributed by atoms with Crippen LogP contribution in [-0.2, 0) is 14.0 Å². The zero-order valence-electron chi connectivity index (χ0n) is 16.6. The van der Waals surface area contributed by atoms with Gasteiger partial charge in [0.05, 0.1) is 23.5 Å². The summed E-state index contributed by atoms with van der Waals surface area (Å²) < 4.78 is 18.4. The molecule has 146 valence electrons. The predicted octanol–water partition coefficient (Wildman–Crippen LogP) is 1.80. The lowest BCUT2D eigenvalue weighted by atomic mass is 9.79. The number of esters is 1. The van der Waals surface area contributed by atoms with E-state index in [2.05, 4.69) is 5.10 Å². The lowest BCUT2D eigenvalue weighted by Gasteiger charge is -2.32. The maximum Gasteiger partial charge on any atom is 0.494 e. The lowest BCUT2D eigenvalue weighted by molar-refractivity contribution is 0.00578. The Bertz CT molecular complexity index is 928. The van der Waals surface area contributed by atoms with Crippen molar-refractivity contribution in [1.82, 2.24) is 9.78 Å². The molecule has 0 bridgehead atoms. The maximum atomic E-state index is 12.0. The molecule has 1 aliphatic rings. The Balaban J connectivity index is 1.91. The van der Waals surface area contributed by atoms with Crippen LogP contribution in [0.1, 0.15) is 50.7 Å². The zero-order chi connectivity index (χ0) is 20.7. The first-order chi connectivity index (χ1) is 13.1. The fourth-order valence-electron chi connectivity index (χ4n) is 2.83. The number of nitrogens with two attached hydrogens (primary N) is 1. The molecule has 1 fully saturated rings. The third kappa shape index (κ3) is 3.25. The van der Waals surface area contributed by atoms with Crippen LogP contribution >= 0.6 is 0 Å². The first-order valence-corrected chi connectivity index (χ1v) is 9.03. The minimum atomic E-state index is -0.682. The van der Waals surface area contributed by atoms with E-state index in [9.17, 15) is 10.1 Å². The van der Waals surface area contributed by atoms with Gasteiger partial charge in [0, 0.05) is 0 Å². The first kappa shape index (κ1) is 19.9. The first-order valence-electron chi connectivity index (χ1n) is 9.03. The van der Waals surface area contributed by atoms with E-state index < -0.39 is 24.3 Å². The third-order valence-electron chi connectivity index (χ3n) is 5.16. The van der Waals surface area contributed by atoms with Crippen LogP contribution < -0.4 is 11.2 Å². The molecule has 2 aromatic rings. The number of ether oxygens (including phenoxy) is 1. The van der Waals surface area contributed by atoms with Crippen molar-refractivity contribution in [3.05, 3.63) is 35.5 Å². The van der Waals surface area contributed by atoms with Gasteiger partial charge < -0.3 is 19.8 Å². The van der Waals surface area contributed by atoms with Gasteiger partial charge in [-0.3, -0.25) is 0 Å². The molecule has 0 saturated carbocycles. The molecule has 8 nitrogen and oxygen atoms in total. The van der Waals surface area contributed by atoms with Gasteiger partial charge in [0.25, 0.3) is 0 Å². The van der Waals surface area contributed by atoms with Gasteiger partial charge in [0.2, 0.25) is 0 Å². The summed E-state index contributed by atoms with van der Waals surface area (Å²) in [5.41, 5.74) is 6.51. The van der Waals surface area contributed by atoms with Crippen molar-refractivity contribution in [2.75, 3.05) is 12.3 Å². The quantitative estimate of drug-likeness (QED) is 0.634. The molecular weight excluding hydrogens is 359 g/mol. The van der Waals surface area contributed by atoms with Crippen LogP contribution in [0.25, 0.3) is 5.69 Å². The van der Waals surface area contributed by atoms with E-state index in [1.807, 2.05) is 45.9 Å². The highest BCUT2D eigenvalue weighted by Crippen LogP contribution is 2.36. The SMILES string of the molecule is CCOC(=O)c1nn(-c2ccc(B3OC(C)(C)C(C)(C)O3)cc2)c(N)c1C#N. The summed E-state index contributed by atoms with van der Waals surface area (Å²) in [5, 5.41) is 13.5. The highest BCUT2D eigenvalue weighted by molar-refractivity contribution is 6.62. The van der Waals surface area contributed by atoms with Crippen molar-refractivity contribution in [1.29, 1.82) is 5.26 Å². The van der Waals surface area contributed by atoms with Gasteiger partial charge in [-0.2, -0.15) is 10.4 Å². The van der Waals surface area contributed by atoms with E-state index in [-0.39, 0.29) is 23.7 Å². The molecule has 0 atom stereocenters. The van der Waals surface area contributed by atoms with E-state index in [4.69, 9.17) is 19.8 Å². The molecular formula is C19H23BN4O4. The molecule has 2 N–H and O–H groups in total. The van der Waals surface area contributed by atoms with Gasteiger partial charge >= 0.3 is 13.1 Å². The summed E-state index contributed by atoms with van der Waals surface area (Å²) in [6.45, 7) is 9.83. The average molecular weight is 382 g/mol. The van der Waals surface area contributed by atoms with Crippen LogP contribution in [0.3, 0.4) is 0 Å². The number of hydrogen-bond donors (Lipinski definition) is 1. The van der Waals surface area contributed by atoms with E-state index in [1.165, 1.54) is 4.68 Å². The number of nitrogen functional groups attached to an aromatic ring is 1. The maximum absolute atomic E-state index is 12.0. The molecule has 1 aromatic heterocycles. The minimum Gasteiger partial charge on any atom is -0.461 e. The number of benzene rings is 1. The van der Waals surface area contributed by atoms with E-state index in [0.717, 1.165) is 5.46 Å². The smallest absolute Gasteiger partial charge is 0.461 e. The standard InChI is InChI=1S/C19H23BN4O4/c1-6-26-17(25)15-14(11-21)16(22)24(23-15)13-9-7-12(8-10-13)20-27-18(2,3)19(4,5)28-20/h7-10H,6,22H2,1-5H3. The molecule has 0 amide bonds. The number of nitriles is 1. The Morgan fingerprint density at radius 2 is 1.82 bits per heavy atom. The molecule has 0 unspecified atom stereocenters. The number of rotatable bonds is 4. The van der Waals surface area contributed by atoms with Crippen LogP contribution in [0.15, 0.2) is 24.3 Å². The number of nitrogens with zero attached hydrogens (tertiary/aromatic N) is 3. The molecule has 28 heavy (non-hydrogen) atoms. The predicted molar refractivity (Wildman–Crippen MR) is 104 cm³/mol. The van der Waals surface area contributed by atoms with Crippen molar-refractivity contribution < 1.29 is 18.8 Å². The average Bonchev–Trinajstić information content (AvgIpc) is 3.08. The Morgan fingerprint density at radius 1 is 1.25 bits per heavy atom. The van der Waals surface area contributed by atoms with Crippen molar-refractivity contribution in [2.45, 2.75) is 45.8 Å². The largest absolute Gasteiger partial charge is 0.494 e. The summed E-state index contributed by atoms with van der Waals surface area (Å²) in [4.78, 5) is 12.0. The molecule has 0 aliphatic carbocycles. The molecule has 3 rings (SSSR count). The normalized spacial score (nSPS) is 17.4. The molecule has 9 heteroatoms. The summed E-state index contributed by atoms with van der Waals surface area (Å²) in [6.07, 6.45) is 0.